The molecule has 1 rings (SSSR count). The standard InChI is InChI=1S/C12H15Br3O/c1-2-3-4-5-6-16-12-8-10(14)9(13)7-11(12)15/h7-8H,2-6H2,1H3. The molecular formula is C12H15Br3O. The number of rotatable bonds is 6. The topological polar surface area (TPSA) is 9.23 Å². The van der Waals surface area contributed by atoms with Crippen LogP contribution in [-0.2, 0) is 0 Å². The summed E-state index contributed by atoms with van der Waals surface area (Å²) in [7, 11) is 0. The molecule has 0 unspecified atom stereocenters. The predicted molar refractivity (Wildman–Crippen MR) is 79.2 cm³/mol. The van der Waals surface area contributed by atoms with Crippen molar-refractivity contribution in [3.8, 4) is 5.75 Å². The Hall–Kier alpha value is 0.460. The molecule has 1 aromatic carbocycles. The van der Waals surface area contributed by atoms with Crippen LogP contribution in [0.15, 0.2) is 25.6 Å². The van der Waals surface area contributed by atoms with E-state index in [1.807, 2.05) is 12.1 Å². The van der Waals surface area contributed by atoms with Gasteiger partial charge in [0.25, 0.3) is 0 Å². The van der Waals surface area contributed by atoms with E-state index in [9.17, 15) is 0 Å². The van der Waals surface area contributed by atoms with E-state index in [2.05, 4.69) is 54.7 Å². The Morgan fingerprint density at radius 3 is 2.31 bits per heavy atom. The summed E-state index contributed by atoms with van der Waals surface area (Å²) in [5, 5.41) is 0. The van der Waals surface area contributed by atoms with Crippen molar-refractivity contribution in [1.29, 1.82) is 0 Å². The molecule has 0 heterocycles. The maximum Gasteiger partial charge on any atom is 0.134 e. The lowest BCUT2D eigenvalue weighted by atomic mass is 10.2. The Balaban J connectivity index is 2.45. The van der Waals surface area contributed by atoms with Crippen LogP contribution in [0, 0.1) is 0 Å². The van der Waals surface area contributed by atoms with Crippen LogP contribution in [0.25, 0.3) is 0 Å². The fourth-order valence-electron chi connectivity index (χ4n) is 1.33. The molecule has 90 valence electrons. The van der Waals surface area contributed by atoms with Crippen LogP contribution < -0.4 is 4.74 Å². The van der Waals surface area contributed by atoms with Gasteiger partial charge in [0.05, 0.1) is 11.1 Å². The zero-order valence-electron chi connectivity index (χ0n) is 9.23. The molecule has 0 aliphatic heterocycles. The monoisotopic (exact) mass is 412 g/mol. The number of hydrogen-bond donors (Lipinski definition) is 0. The molecule has 0 saturated heterocycles. The quantitative estimate of drug-likeness (QED) is 0.414. The molecule has 4 heteroatoms. The van der Waals surface area contributed by atoms with Crippen LogP contribution >= 0.6 is 47.8 Å². The molecule has 0 radical (unpaired) electrons. The summed E-state index contributed by atoms with van der Waals surface area (Å²) in [5.41, 5.74) is 0. The third-order valence-corrected chi connectivity index (χ3v) is 4.69. The highest BCUT2D eigenvalue weighted by atomic mass is 79.9. The van der Waals surface area contributed by atoms with Gasteiger partial charge in [0.1, 0.15) is 5.75 Å². The zero-order chi connectivity index (χ0) is 12.0. The fraction of sp³-hybridized carbons (Fsp3) is 0.500. The first-order valence-corrected chi connectivity index (χ1v) is 7.80. The molecule has 0 spiro atoms. The summed E-state index contributed by atoms with van der Waals surface area (Å²) in [6.07, 6.45) is 4.90. The maximum atomic E-state index is 5.72. The van der Waals surface area contributed by atoms with Crippen LogP contribution in [0.4, 0.5) is 0 Å². The molecule has 16 heavy (non-hydrogen) atoms. The fourth-order valence-corrected chi connectivity index (χ4v) is 2.76. The van der Waals surface area contributed by atoms with Crippen molar-refractivity contribution in [3.63, 3.8) is 0 Å². The highest BCUT2D eigenvalue weighted by Crippen LogP contribution is 2.34. The molecule has 0 bridgehead atoms. The minimum Gasteiger partial charge on any atom is -0.492 e. The van der Waals surface area contributed by atoms with E-state index in [0.29, 0.717) is 0 Å². The van der Waals surface area contributed by atoms with Crippen molar-refractivity contribution in [1.82, 2.24) is 0 Å². The Morgan fingerprint density at radius 2 is 1.62 bits per heavy atom. The van der Waals surface area contributed by atoms with Crippen molar-refractivity contribution < 1.29 is 4.74 Å². The average Bonchev–Trinajstić information content (AvgIpc) is 2.25. The third-order valence-electron chi connectivity index (χ3n) is 2.23. The first kappa shape index (κ1) is 14.5. The highest BCUT2D eigenvalue weighted by Gasteiger charge is 2.05. The van der Waals surface area contributed by atoms with Gasteiger partial charge in [-0.3, -0.25) is 0 Å². The SMILES string of the molecule is CCCCCCOc1cc(Br)c(Br)cc1Br. The van der Waals surface area contributed by atoms with Gasteiger partial charge < -0.3 is 4.74 Å². The van der Waals surface area contributed by atoms with Gasteiger partial charge in [-0.15, -0.1) is 0 Å². The van der Waals surface area contributed by atoms with Crippen molar-refractivity contribution in [2.75, 3.05) is 6.61 Å². The lowest BCUT2D eigenvalue weighted by molar-refractivity contribution is 0.303. The number of benzene rings is 1. The Labute approximate surface area is 122 Å². The van der Waals surface area contributed by atoms with Crippen LogP contribution in [-0.4, -0.2) is 6.61 Å². The van der Waals surface area contributed by atoms with Crippen LogP contribution in [0.1, 0.15) is 32.6 Å². The van der Waals surface area contributed by atoms with Crippen LogP contribution in [0.2, 0.25) is 0 Å². The van der Waals surface area contributed by atoms with Gasteiger partial charge in [0.15, 0.2) is 0 Å². The third kappa shape index (κ3) is 4.76. The first-order chi connectivity index (χ1) is 7.65. The molecule has 1 nitrogen and oxygen atoms in total. The number of ether oxygens (including phenoxy) is 1. The Morgan fingerprint density at radius 1 is 0.938 bits per heavy atom. The zero-order valence-corrected chi connectivity index (χ0v) is 14.0. The minimum absolute atomic E-state index is 0.784. The molecule has 0 saturated carbocycles. The largest absolute Gasteiger partial charge is 0.492 e. The van der Waals surface area contributed by atoms with Crippen LogP contribution in [0.3, 0.4) is 0 Å². The van der Waals surface area contributed by atoms with Crippen molar-refractivity contribution in [2.24, 2.45) is 0 Å². The van der Waals surface area contributed by atoms with E-state index >= 15 is 0 Å². The molecule has 0 aliphatic rings. The smallest absolute Gasteiger partial charge is 0.134 e. The summed E-state index contributed by atoms with van der Waals surface area (Å²) in [4.78, 5) is 0. The number of unbranched alkanes of at least 4 members (excludes halogenated alkanes) is 3. The Bertz CT molecular complexity index is 339. The summed E-state index contributed by atoms with van der Waals surface area (Å²) >= 11 is 10.4. The van der Waals surface area contributed by atoms with Gasteiger partial charge in [-0.25, -0.2) is 0 Å². The molecule has 0 aliphatic carbocycles. The maximum absolute atomic E-state index is 5.72. The molecule has 0 atom stereocenters. The molecule has 0 amide bonds. The van der Waals surface area contributed by atoms with E-state index in [1.54, 1.807) is 0 Å². The van der Waals surface area contributed by atoms with Crippen molar-refractivity contribution in [3.05, 3.63) is 25.6 Å². The molecular weight excluding hydrogens is 400 g/mol. The normalized spacial score (nSPS) is 10.5. The summed E-state index contributed by atoms with van der Waals surface area (Å²) in [6, 6.07) is 3.97. The highest BCUT2D eigenvalue weighted by molar-refractivity contribution is 9.13. The summed E-state index contributed by atoms with van der Waals surface area (Å²) in [6.45, 7) is 3.00. The van der Waals surface area contributed by atoms with E-state index in [-0.39, 0.29) is 0 Å². The second-order valence-electron chi connectivity index (χ2n) is 3.61. The average molecular weight is 415 g/mol. The van der Waals surface area contributed by atoms with Gasteiger partial charge in [-0.2, -0.15) is 0 Å². The molecule has 0 fully saturated rings. The second-order valence-corrected chi connectivity index (χ2v) is 6.17. The van der Waals surface area contributed by atoms with Gasteiger partial charge in [0, 0.05) is 8.95 Å². The van der Waals surface area contributed by atoms with Gasteiger partial charge >= 0.3 is 0 Å². The second kappa shape index (κ2) is 7.72. The van der Waals surface area contributed by atoms with Crippen molar-refractivity contribution in [2.45, 2.75) is 32.6 Å². The van der Waals surface area contributed by atoms with Gasteiger partial charge in [-0.1, -0.05) is 26.2 Å². The molecule has 1 aromatic rings. The van der Waals surface area contributed by atoms with E-state index < -0.39 is 0 Å². The predicted octanol–water partition coefficient (Wildman–Crippen LogP) is 5.93. The lowest BCUT2D eigenvalue weighted by Crippen LogP contribution is -1.98. The minimum atomic E-state index is 0.784. The molecule has 0 aromatic heterocycles. The molecule has 0 N–H and O–H groups in total. The van der Waals surface area contributed by atoms with Crippen LogP contribution in [0.5, 0.6) is 5.75 Å². The van der Waals surface area contributed by atoms with Gasteiger partial charge in [-0.05, 0) is 66.3 Å². The van der Waals surface area contributed by atoms with E-state index in [1.165, 1.54) is 19.3 Å². The first-order valence-electron chi connectivity index (χ1n) is 5.42. The van der Waals surface area contributed by atoms with Gasteiger partial charge in [0.2, 0.25) is 0 Å². The van der Waals surface area contributed by atoms with Crippen molar-refractivity contribution >= 4 is 47.8 Å². The Kier molecular flexibility index (Phi) is 7.01. The number of hydrogen-bond acceptors (Lipinski definition) is 1. The summed E-state index contributed by atoms with van der Waals surface area (Å²) in [5.74, 6) is 0.895. The lowest BCUT2D eigenvalue weighted by Gasteiger charge is -2.09. The number of halogens is 3. The summed E-state index contributed by atoms with van der Waals surface area (Å²) < 4.78 is 8.74. The van der Waals surface area contributed by atoms with E-state index in [0.717, 1.165) is 32.2 Å². The van der Waals surface area contributed by atoms with E-state index in [4.69, 9.17) is 4.74 Å².